The van der Waals surface area contributed by atoms with Crippen molar-refractivity contribution in [2.75, 3.05) is 0 Å². The Kier molecular flexibility index (Phi) is 4.75. The van der Waals surface area contributed by atoms with Crippen molar-refractivity contribution in [3.05, 3.63) is 95.4 Å². The molecule has 0 radical (unpaired) electrons. The Balaban J connectivity index is 1.50. The maximum absolute atomic E-state index is 5.93. The number of hydrogen-bond donors (Lipinski definition) is 0. The molecule has 1 aliphatic heterocycles. The van der Waals surface area contributed by atoms with E-state index >= 15 is 0 Å². The number of benzene rings is 3. The van der Waals surface area contributed by atoms with E-state index in [1.165, 1.54) is 0 Å². The summed E-state index contributed by atoms with van der Waals surface area (Å²) in [6, 6.07) is 26.0. The smallest absolute Gasteiger partial charge is 0.130 e. The number of nitrogens with zero attached hydrogens (tertiary/aromatic N) is 2. The standard InChI is InChI=1S/C22H18N2OS/c1-17-7-5-6-10-22(17)25-20-13-11-19(12-14-20)24-26-15-21(23-16-26)18-8-3-2-4-9-18/h2-16H,1H3. The Hall–Kier alpha value is -2.98. The maximum atomic E-state index is 5.93. The molecule has 1 aliphatic rings. The number of para-hydroxylation sites is 1. The first-order valence-corrected chi connectivity index (χ1v) is 9.67. The molecule has 3 aromatic rings. The van der Waals surface area contributed by atoms with E-state index in [-0.39, 0.29) is 10.7 Å². The summed E-state index contributed by atoms with van der Waals surface area (Å²) < 4.78 is 10.7. The SMILES string of the molecule is Cc1ccccc1Oc1ccc(N=S2C=NC(c3ccccc3)=C2)cc1. The van der Waals surface area contributed by atoms with E-state index in [1.54, 1.807) is 0 Å². The van der Waals surface area contributed by atoms with Gasteiger partial charge in [-0.3, -0.25) is 0 Å². The van der Waals surface area contributed by atoms with E-state index in [4.69, 9.17) is 9.10 Å². The average molecular weight is 358 g/mol. The summed E-state index contributed by atoms with van der Waals surface area (Å²) in [7, 11) is -0.327. The van der Waals surface area contributed by atoms with Gasteiger partial charge < -0.3 is 4.74 Å². The summed E-state index contributed by atoms with van der Waals surface area (Å²) in [5.41, 5.74) is 6.04. The van der Waals surface area contributed by atoms with Gasteiger partial charge in [-0.2, -0.15) is 0 Å². The monoisotopic (exact) mass is 358 g/mol. The van der Waals surface area contributed by atoms with Gasteiger partial charge >= 0.3 is 0 Å². The van der Waals surface area contributed by atoms with E-state index in [0.717, 1.165) is 34.0 Å². The molecule has 0 amide bonds. The van der Waals surface area contributed by atoms with Crippen LogP contribution >= 0.6 is 0 Å². The van der Waals surface area contributed by atoms with Crippen LogP contribution < -0.4 is 4.74 Å². The van der Waals surface area contributed by atoms with Gasteiger partial charge in [-0.05, 0) is 53.5 Å². The molecule has 0 bridgehead atoms. The van der Waals surface area contributed by atoms with Crippen LogP contribution in [0, 0.1) is 6.92 Å². The van der Waals surface area contributed by atoms with Gasteiger partial charge in [0.15, 0.2) is 0 Å². The zero-order valence-corrected chi connectivity index (χ0v) is 15.2. The van der Waals surface area contributed by atoms with E-state index in [2.05, 4.69) is 22.5 Å². The fourth-order valence-electron chi connectivity index (χ4n) is 2.58. The second-order valence-corrected chi connectivity index (χ2v) is 7.23. The number of aryl methyl sites for hydroxylation is 1. The first-order chi connectivity index (χ1) is 12.8. The molecule has 26 heavy (non-hydrogen) atoms. The molecule has 1 unspecified atom stereocenters. The molecule has 0 aliphatic carbocycles. The summed E-state index contributed by atoms with van der Waals surface area (Å²) in [4.78, 5) is 4.50. The van der Waals surface area contributed by atoms with Crippen LogP contribution in [-0.2, 0) is 10.7 Å². The molecule has 1 atom stereocenters. The second-order valence-electron chi connectivity index (χ2n) is 5.90. The molecule has 3 nitrogen and oxygen atoms in total. The largest absolute Gasteiger partial charge is 0.457 e. The Morgan fingerprint density at radius 2 is 1.58 bits per heavy atom. The Morgan fingerprint density at radius 3 is 2.35 bits per heavy atom. The maximum Gasteiger partial charge on any atom is 0.130 e. The summed E-state index contributed by atoms with van der Waals surface area (Å²) in [5.74, 6) is 1.68. The van der Waals surface area contributed by atoms with Gasteiger partial charge in [-0.1, -0.05) is 48.5 Å². The van der Waals surface area contributed by atoms with Gasteiger partial charge in [-0.25, -0.2) is 9.36 Å². The molecule has 3 aromatic carbocycles. The predicted octanol–water partition coefficient (Wildman–Crippen LogP) is 6.26. The van der Waals surface area contributed by atoms with E-state index < -0.39 is 0 Å². The van der Waals surface area contributed by atoms with Crippen molar-refractivity contribution in [3.8, 4) is 11.5 Å². The molecule has 0 saturated heterocycles. The highest BCUT2D eigenvalue weighted by atomic mass is 32.2. The highest BCUT2D eigenvalue weighted by Crippen LogP contribution is 2.27. The van der Waals surface area contributed by atoms with E-state index in [9.17, 15) is 0 Å². The van der Waals surface area contributed by atoms with Crippen LogP contribution in [0.4, 0.5) is 5.69 Å². The van der Waals surface area contributed by atoms with Crippen molar-refractivity contribution < 1.29 is 4.74 Å². The lowest BCUT2D eigenvalue weighted by atomic mass is 10.2. The van der Waals surface area contributed by atoms with E-state index in [0.29, 0.717) is 0 Å². The lowest BCUT2D eigenvalue weighted by Gasteiger charge is -2.08. The molecular weight excluding hydrogens is 340 g/mol. The van der Waals surface area contributed by atoms with Crippen molar-refractivity contribution in [2.24, 2.45) is 9.36 Å². The Morgan fingerprint density at radius 1 is 0.846 bits per heavy atom. The zero-order chi connectivity index (χ0) is 17.8. The minimum absolute atomic E-state index is 0.327. The summed E-state index contributed by atoms with van der Waals surface area (Å²) >= 11 is 0. The molecule has 4 rings (SSSR count). The lowest BCUT2D eigenvalue weighted by molar-refractivity contribution is 0.479. The minimum Gasteiger partial charge on any atom is -0.457 e. The van der Waals surface area contributed by atoms with Crippen LogP contribution in [0.15, 0.2) is 93.6 Å². The topological polar surface area (TPSA) is 34.0 Å². The molecule has 0 fully saturated rings. The van der Waals surface area contributed by atoms with Gasteiger partial charge in [0, 0.05) is 11.0 Å². The molecule has 128 valence electrons. The number of aliphatic imine (C=N–C) groups is 1. The summed E-state index contributed by atoms with van der Waals surface area (Å²) in [6.07, 6.45) is 0. The quantitative estimate of drug-likeness (QED) is 0.542. The van der Waals surface area contributed by atoms with Crippen molar-refractivity contribution in [1.29, 1.82) is 0 Å². The normalized spacial score (nSPS) is 15.9. The van der Waals surface area contributed by atoms with Crippen LogP contribution in [0.5, 0.6) is 11.5 Å². The first-order valence-electron chi connectivity index (χ1n) is 8.37. The van der Waals surface area contributed by atoms with Crippen molar-refractivity contribution in [3.63, 3.8) is 0 Å². The highest BCUT2D eigenvalue weighted by molar-refractivity contribution is 8.03. The van der Waals surface area contributed by atoms with Crippen molar-refractivity contribution in [2.45, 2.75) is 6.92 Å². The van der Waals surface area contributed by atoms with Crippen LogP contribution in [0.1, 0.15) is 11.1 Å². The average Bonchev–Trinajstić information content (AvgIpc) is 3.14. The van der Waals surface area contributed by atoms with Crippen LogP contribution in [0.2, 0.25) is 0 Å². The molecular formula is C22H18N2OS. The van der Waals surface area contributed by atoms with E-state index in [1.807, 2.05) is 79.2 Å². The highest BCUT2D eigenvalue weighted by Gasteiger charge is 2.07. The third-order valence-corrected chi connectivity index (χ3v) is 5.18. The van der Waals surface area contributed by atoms with Crippen LogP contribution in [0.25, 0.3) is 5.70 Å². The number of ether oxygens (including phenoxy) is 1. The minimum atomic E-state index is -0.327. The second kappa shape index (κ2) is 7.50. The van der Waals surface area contributed by atoms with Crippen molar-refractivity contribution in [1.82, 2.24) is 0 Å². The van der Waals surface area contributed by atoms with Gasteiger partial charge in [0.05, 0.1) is 16.9 Å². The molecule has 0 aromatic heterocycles. The van der Waals surface area contributed by atoms with Gasteiger partial charge in [0.1, 0.15) is 11.5 Å². The van der Waals surface area contributed by atoms with Gasteiger partial charge in [0.2, 0.25) is 0 Å². The third-order valence-electron chi connectivity index (χ3n) is 3.97. The zero-order valence-electron chi connectivity index (χ0n) is 14.4. The third kappa shape index (κ3) is 3.81. The van der Waals surface area contributed by atoms with Crippen LogP contribution in [-0.4, -0.2) is 5.55 Å². The van der Waals surface area contributed by atoms with Gasteiger partial charge in [-0.15, -0.1) is 0 Å². The van der Waals surface area contributed by atoms with Gasteiger partial charge in [0.25, 0.3) is 0 Å². The van der Waals surface area contributed by atoms with Crippen LogP contribution in [0.3, 0.4) is 0 Å². The Labute approximate surface area is 155 Å². The molecule has 4 heteroatoms. The van der Waals surface area contributed by atoms with Crippen molar-refractivity contribution >= 4 is 27.6 Å². The summed E-state index contributed by atoms with van der Waals surface area (Å²) in [5, 5.41) is 2.10. The molecule has 0 N–H and O–H groups in total. The predicted molar refractivity (Wildman–Crippen MR) is 110 cm³/mol. The molecule has 0 saturated carbocycles. The Bertz CT molecular complexity index is 1010. The fourth-order valence-corrected chi connectivity index (χ4v) is 3.76. The first kappa shape index (κ1) is 16.5. The number of hydrogen-bond acceptors (Lipinski definition) is 3. The fraction of sp³-hybridized carbons (Fsp3) is 0.0455. The lowest BCUT2D eigenvalue weighted by Crippen LogP contribution is -1.86. The molecule has 1 heterocycles. The summed E-state index contributed by atoms with van der Waals surface area (Å²) in [6.45, 7) is 2.04. The molecule has 0 spiro atoms. The number of rotatable bonds is 4.